The molecule has 0 spiro atoms. The molecule has 2 aliphatic rings. The van der Waals surface area contributed by atoms with E-state index in [4.69, 9.17) is 4.74 Å². The van der Waals surface area contributed by atoms with Crippen LogP contribution < -0.4 is 5.32 Å². The van der Waals surface area contributed by atoms with Crippen molar-refractivity contribution in [3.8, 4) is 0 Å². The van der Waals surface area contributed by atoms with Gasteiger partial charge in [-0.05, 0) is 44.6 Å². The quantitative estimate of drug-likeness (QED) is 0.754. The van der Waals surface area contributed by atoms with Crippen molar-refractivity contribution >= 4 is 0 Å². The number of hydrogen-bond donors (Lipinski definition) is 1. The Bertz CT molecular complexity index is 173. The van der Waals surface area contributed by atoms with E-state index in [0.717, 1.165) is 31.1 Å². The Morgan fingerprint density at radius 3 is 2.47 bits per heavy atom. The van der Waals surface area contributed by atoms with Crippen LogP contribution in [0.15, 0.2) is 0 Å². The van der Waals surface area contributed by atoms with E-state index in [-0.39, 0.29) is 0 Å². The monoisotopic (exact) mass is 211 g/mol. The van der Waals surface area contributed by atoms with Crippen molar-refractivity contribution in [1.82, 2.24) is 5.32 Å². The molecule has 2 heteroatoms. The first-order valence-electron chi connectivity index (χ1n) is 6.65. The minimum atomic E-state index is 0.721. The summed E-state index contributed by atoms with van der Waals surface area (Å²) in [7, 11) is 0. The molecule has 1 N–H and O–H groups in total. The fourth-order valence-corrected chi connectivity index (χ4v) is 2.63. The molecule has 0 amide bonds. The first-order chi connectivity index (χ1) is 7.34. The van der Waals surface area contributed by atoms with E-state index in [1.165, 1.54) is 45.1 Å². The summed E-state index contributed by atoms with van der Waals surface area (Å²) in [6.45, 7) is 5.50. The van der Waals surface area contributed by atoms with Crippen LogP contribution in [-0.4, -0.2) is 25.8 Å². The van der Waals surface area contributed by atoms with Crippen LogP contribution >= 0.6 is 0 Å². The third-order valence-electron chi connectivity index (χ3n) is 4.01. The largest absolute Gasteiger partial charge is 0.381 e. The lowest BCUT2D eigenvalue weighted by atomic mass is 9.81. The van der Waals surface area contributed by atoms with Gasteiger partial charge < -0.3 is 10.1 Å². The van der Waals surface area contributed by atoms with Gasteiger partial charge in [0.25, 0.3) is 0 Å². The zero-order chi connectivity index (χ0) is 10.5. The first kappa shape index (κ1) is 11.4. The first-order valence-corrected chi connectivity index (χ1v) is 6.65. The molecule has 1 unspecified atom stereocenters. The van der Waals surface area contributed by atoms with Gasteiger partial charge in [-0.2, -0.15) is 0 Å². The molecule has 1 aliphatic heterocycles. The molecule has 2 rings (SSSR count). The van der Waals surface area contributed by atoms with E-state index >= 15 is 0 Å². The highest BCUT2D eigenvalue weighted by molar-refractivity contribution is 4.76. The molecule has 1 saturated carbocycles. The summed E-state index contributed by atoms with van der Waals surface area (Å²) < 4.78 is 5.37. The van der Waals surface area contributed by atoms with Gasteiger partial charge in [0.2, 0.25) is 0 Å². The second kappa shape index (κ2) is 5.86. The second-order valence-corrected chi connectivity index (χ2v) is 5.40. The normalized spacial score (nSPS) is 26.2. The van der Waals surface area contributed by atoms with E-state index in [0.29, 0.717) is 0 Å². The van der Waals surface area contributed by atoms with Crippen LogP contribution in [0.5, 0.6) is 0 Å². The Morgan fingerprint density at radius 1 is 1.13 bits per heavy atom. The molecular formula is C13H25NO. The summed E-state index contributed by atoms with van der Waals surface area (Å²) in [6, 6.07) is 0.721. The molecule has 88 valence electrons. The lowest BCUT2D eigenvalue weighted by molar-refractivity contribution is 0.0651. The Labute approximate surface area is 93.8 Å². The van der Waals surface area contributed by atoms with Crippen LogP contribution in [0.2, 0.25) is 0 Å². The van der Waals surface area contributed by atoms with Crippen molar-refractivity contribution < 1.29 is 4.74 Å². The fraction of sp³-hybridized carbons (Fsp3) is 1.00. The highest BCUT2D eigenvalue weighted by atomic mass is 16.5. The van der Waals surface area contributed by atoms with E-state index in [9.17, 15) is 0 Å². The SMILES string of the molecule is CC(CC1CCC1)NCC1CCOCC1. The summed E-state index contributed by atoms with van der Waals surface area (Å²) in [6.07, 6.45) is 8.32. The summed E-state index contributed by atoms with van der Waals surface area (Å²) in [5.41, 5.74) is 0. The van der Waals surface area contributed by atoms with E-state index in [2.05, 4.69) is 12.2 Å². The molecule has 15 heavy (non-hydrogen) atoms. The smallest absolute Gasteiger partial charge is 0.0469 e. The number of rotatable bonds is 5. The van der Waals surface area contributed by atoms with Gasteiger partial charge in [-0.1, -0.05) is 19.3 Å². The van der Waals surface area contributed by atoms with Crippen LogP contribution in [0.25, 0.3) is 0 Å². The average molecular weight is 211 g/mol. The van der Waals surface area contributed by atoms with Gasteiger partial charge in [-0.3, -0.25) is 0 Å². The number of ether oxygens (including phenoxy) is 1. The van der Waals surface area contributed by atoms with Crippen LogP contribution in [0.4, 0.5) is 0 Å². The Morgan fingerprint density at radius 2 is 1.87 bits per heavy atom. The Balaban J connectivity index is 1.55. The van der Waals surface area contributed by atoms with Crippen molar-refractivity contribution in [2.45, 2.75) is 51.5 Å². The summed E-state index contributed by atoms with van der Waals surface area (Å²) in [4.78, 5) is 0. The van der Waals surface area contributed by atoms with Crippen molar-refractivity contribution in [2.75, 3.05) is 19.8 Å². The van der Waals surface area contributed by atoms with Gasteiger partial charge in [-0.25, -0.2) is 0 Å². The van der Waals surface area contributed by atoms with Gasteiger partial charge in [0, 0.05) is 19.3 Å². The Hall–Kier alpha value is -0.0800. The van der Waals surface area contributed by atoms with Gasteiger partial charge in [0.1, 0.15) is 0 Å². The summed E-state index contributed by atoms with van der Waals surface area (Å²) in [5, 5.41) is 3.70. The predicted octanol–water partition coefficient (Wildman–Crippen LogP) is 2.58. The van der Waals surface area contributed by atoms with Gasteiger partial charge >= 0.3 is 0 Å². The second-order valence-electron chi connectivity index (χ2n) is 5.40. The maximum absolute atomic E-state index is 5.37. The minimum Gasteiger partial charge on any atom is -0.381 e. The molecule has 0 bridgehead atoms. The molecule has 2 fully saturated rings. The summed E-state index contributed by atoms with van der Waals surface area (Å²) in [5.74, 6) is 1.89. The molecule has 1 atom stereocenters. The zero-order valence-electron chi connectivity index (χ0n) is 10.0. The van der Waals surface area contributed by atoms with Crippen LogP contribution in [0.1, 0.15) is 45.4 Å². The average Bonchev–Trinajstić information content (AvgIpc) is 2.22. The fourth-order valence-electron chi connectivity index (χ4n) is 2.63. The maximum Gasteiger partial charge on any atom is 0.0469 e. The van der Waals surface area contributed by atoms with E-state index < -0.39 is 0 Å². The highest BCUT2D eigenvalue weighted by Crippen LogP contribution is 2.30. The van der Waals surface area contributed by atoms with Crippen molar-refractivity contribution in [3.63, 3.8) is 0 Å². The highest BCUT2D eigenvalue weighted by Gasteiger charge is 2.20. The van der Waals surface area contributed by atoms with Crippen molar-refractivity contribution in [3.05, 3.63) is 0 Å². The lowest BCUT2D eigenvalue weighted by Crippen LogP contribution is -2.35. The molecule has 0 aromatic heterocycles. The van der Waals surface area contributed by atoms with Crippen molar-refractivity contribution in [1.29, 1.82) is 0 Å². The van der Waals surface area contributed by atoms with E-state index in [1.807, 2.05) is 0 Å². The number of nitrogens with one attached hydrogen (secondary N) is 1. The van der Waals surface area contributed by atoms with Crippen LogP contribution in [0.3, 0.4) is 0 Å². The maximum atomic E-state index is 5.37. The molecule has 2 nitrogen and oxygen atoms in total. The minimum absolute atomic E-state index is 0.721. The third-order valence-corrected chi connectivity index (χ3v) is 4.01. The lowest BCUT2D eigenvalue weighted by Gasteiger charge is -2.30. The van der Waals surface area contributed by atoms with Gasteiger partial charge in [-0.15, -0.1) is 0 Å². The third kappa shape index (κ3) is 3.76. The van der Waals surface area contributed by atoms with Crippen LogP contribution in [0, 0.1) is 11.8 Å². The summed E-state index contributed by atoms with van der Waals surface area (Å²) >= 11 is 0. The topological polar surface area (TPSA) is 21.3 Å². The van der Waals surface area contributed by atoms with E-state index in [1.54, 1.807) is 0 Å². The standard InChI is InChI=1S/C13H25NO/c1-11(9-12-3-2-4-12)14-10-13-5-7-15-8-6-13/h11-14H,2-10H2,1H3. The molecule has 1 heterocycles. The molecular weight excluding hydrogens is 186 g/mol. The molecule has 1 aliphatic carbocycles. The number of hydrogen-bond acceptors (Lipinski definition) is 2. The van der Waals surface area contributed by atoms with Gasteiger partial charge in [0.15, 0.2) is 0 Å². The molecule has 0 radical (unpaired) electrons. The van der Waals surface area contributed by atoms with Gasteiger partial charge in [0.05, 0.1) is 0 Å². The van der Waals surface area contributed by atoms with Crippen LogP contribution in [-0.2, 0) is 4.74 Å². The van der Waals surface area contributed by atoms with Crippen molar-refractivity contribution in [2.24, 2.45) is 11.8 Å². The molecule has 0 aromatic carbocycles. The Kier molecular flexibility index (Phi) is 4.45. The predicted molar refractivity (Wildman–Crippen MR) is 63.0 cm³/mol. The molecule has 0 aromatic rings. The molecule has 1 saturated heterocycles. The zero-order valence-corrected chi connectivity index (χ0v) is 10.0.